The van der Waals surface area contributed by atoms with Crippen molar-refractivity contribution in [3.63, 3.8) is 0 Å². The number of benzene rings is 1. The first-order chi connectivity index (χ1) is 11.8. The molecule has 2 aliphatic heterocycles. The fraction of sp³-hybridized carbons (Fsp3) is 0.556. The Balaban J connectivity index is 1.51. The highest BCUT2D eigenvalue weighted by Gasteiger charge is 2.33. The number of ether oxygens (including phenoxy) is 1. The zero-order chi connectivity index (χ0) is 16.4. The number of quaternary nitrogens is 1. The zero-order valence-electron chi connectivity index (χ0n) is 13.9. The number of piperidine rings is 1. The summed E-state index contributed by atoms with van der Waals surface area (Å²) in [5, 5.41) is 1.20. The Bertz CT molecular complexity index is 678. The second-order valence-electron chi connectivity index (χ2n) is 6.65. The van der Waals surface area contributed by atoms with Gasteiger partial charge in [0.2, 0.25) is 0 Å². The van der Waals surface area contributed by atoms with Crippen molar-refractivity contribution in [2.45, 2.75) is 25.3 Å². The normalized spacial score (nSPS) is 25.1. The van der Waals surface area contributed by atoms with Gasteiger partial charge < -0.3 is 14.5 Å². The van der Waals surface area contributed by atoms with E-state index >= 15 is 0 Å². The molecule has 6 heteroatoms. The third kappa shape index (κ3) is 3.31. The molecule has 0 aliphatic carbocycles. The van der Waals surface area contributed by atoms with Crippen LogP contribution in [0.3, 0.4) is 0 Å². The summed E-state index contributed by atoms with van der Waals surface area (Å²) in [5.41, 5.74) is 1.09. The lowest BCUT2D eigenvalue weighted by Gasteiger charge is -2.33. The van der Waals surface area contributed by atoms with Gasteiger partial charge in [0.1, 0.15) is 6.04 Å². The maximum Gasteiger partial charge on any atom is 0.277 e. The molecule has 5 nitrogen and oxygen atoms in total. The molecular formula is C18H24N3O2S+. The van der Waals surface area contributed by atoms with Crippen LogP contribution in [-0.4, -0.2) is 55.2 Å². The number of nitrogens with zero attached hydrogens (tertiary/aromatic N) is 2. The molecule has 2 aromatic rings. The fourth-order valence-electron chi connectivity index (χ4n) is 3.75. The molecular weight excluding hydrogens is 322 g/mol. The average molecular weight is 346 g/mol. The number of hydrogen-bond acceptors (Lipinski definition) is 4. The first kappa shape index (κ1) is 16.0. The van der Waals surface area contributed by atoms with E-state index in [4.69, 9.17) is 9.72 Å². The summed E-state index contributed by atoms with van der Waals surface area (Å²) in [6.45, 7) is 4.46. The molecule has 2 aliphatic rings. The molecule has 0 spiro atoms. The quantitative estimate of drug-likeness (QED) is 0.910. The lowest BCUT2D eigenvalue weighted by atomic mass is 10.0. The van der Waals surface area contributed by atoms with E-state index in [0.29, 0.717) is 25.8 Å². The highest BCUT2D eigenvalue weighted by molar-refractivity contribution is 7.18. The van der Waals surface area contributed by atoms with Crippen LogP contribution in [0.15, 0.2) is 24.3 Å². The van der Waals surface area contributed by atoms with Gasteiger partial charge >= 0.3 is 0 Å². The van der Waals surface area contributed by atoms with Crippen LogP contribution in [0.4, 0.5) is 0 Å². The summed E-state index contributed by atoms with van der Waals surface area (Å²) < 4.78 is 6.60. The predicted molar refractivity (Wildman–Crippen MR) is 94.3 cm³/mol. The summed E-state index contributed by atoms with van der Waals surface area (Å²) in [6.07, 6.45) is 3.56. The van der Waals surface area contributed by atoms with Gasteiger partial charge in [-0.1, -0.05) is 12.1 Å². The van der Waals surface area contributed by atoms with Crippen LogP contribution >= 0.6 is 11.3 Å². The largest absolute Gasteiger partial charge is 0.378 e. The monoisotopic (exact) mass is 346 g/mol. The summed E-state index contributed by atoms with van der Waals surface area (Å²) >= 11 is 1.79. The van der Waals surface area contributed by atoms with Crippen LogP contribution in [0.25, 0.3) is 10.2 Å². The lowest BCUT2D eigenvalue weighted by Crippen LogP contribution is -3.14. The van der Waals surface area contributed by atoms with Crippen LogP contribution < -0.4 is 4.90 Å². The highest BCUT2D eigenvalue weighted by Crippen LogP contribution is 2.28. The van der Waals surface area contributed by atoms with Crippen molar-refractivity contribution in [3.8, 4) is 0 Å². The second-order valence-corrected chi connectivity index (χ2v) is 7.71. The van der Waals surface area contributed by atoms with Crippen LogP contribution in [-0.2, 0) is 9.53 Å². The van der Waals surface area contributed by atoms with Gasteiger partial charge in [-0.05, 0) is 25.0 Å². The maximum absolute atomic E-state index is 12.6. The van der Waals surface area contributed by atoms with Gasteiger partial charge in [0.25, 0.3) is 5.91 Å². The van der Waals surface area contributed by atoms with Gasteiger partial charge in [-0.25, -0.2) is 4.98 Å². The van der Waals surface area contributed by atoms with Gasteiger partial charge in [-0.15, -0.1) is 11.3 Å². The number of aromatic nitrogens is 1. The predicted octanol–water partition coefficient (Wildman–Crippen LogP) is 1.26. The standard InChI is InChI=1S/C18H23N3O2S/c22-17(20-9-11-23-12-10-20)13-21-8-4-3-6-15(21)18-19-14-5-1-2-7-16(14)24-18/h1-2,5,7,15H,3-4,6,8-13H2/p+1/t15-/m1/s1. The Morgan fingerprint density at radius 1 is 1.29 bits per heavy atom. The molecule has 1 aromatic carbocycles. The second kappa shape index (κ2) is 7.17. The van der Waals surface area contributed by atoms with Crippen molar-refractivity contribution in [1.29, 1.82) is 0 Å². The minimum atomic E-state index is 0.265. The Hall–Kier alpha value is -1.50. The molecule has 2 saturated heterocycles. The van der Waals surface area contributed by atoms with Crippen molar-refractivity contribution >= 4 is 27.5 Å². The van der Waals surface area contributed by atoms with Crippen molar-refractivity contribution in [3.05, 3.63) is 29.3 Å². The number of likely N-dealkylation sites (tertiary alicyclic amines) is 1. The van der Waals surface area contributed by atoms with Gasteiger partial charge in [0.15, 0.2) is 11.6 Å². The van der Waals surface area contributed by atoms with Gasteiger partial charge in [0, 0.05) is 19.5 Å². The first-order valence-electron chi connectivity index (χ1n) is 8.87. The van der Waals surface area contributed by atoms with Crippen molar-refractivity contribution in [1.82, 2.24) is 9.88 Å². The number of carbonyl (C=O) groups excluding carboxylic acids is 1. The molecule has 0 radical (unpaired) electrons. The Morgan fingerprint density at radius 3 is 2.96 bits per heavy atom. The van der Waals surface area contributed by atoms with E-state index in [1.165, 1.54) is 27.4 Å². The molecule has 0 saturated carbocycles. The van der Waals surface area contributed by atoms with Gasteiger partial charge in [-0.3, -0.25) is 4.79 Å². The molecule has 4 rings (SSSR count). The van der Waals surface area contributed by atoms with E-state index in [9.17, 15) is 4.79 Å². The Morgan fingerprint density at radius 2 is 2.12 bits per heavy atom. The van der Waals surface area contributed by atoms with Gasteiger partial charge in [0.05, 0.1) is 30.0 Å². The maximum atomic E-state index is 12.6. The van der Waals surface area contributed by atoms with Crippen molar-refractivity contribution < 1.29 is 14.4 Å². The minimum absolute atomic E-state index is 0.265. The van der Waals surface area contributed by atoms with Crippen LogP contribution in [0.5, 0.6) is 0 Å². The molecule has 128 valence electrons. The number of hydrogen-bond donors (Lipinski definition) is 1. The third-order valence-electron chi connectivity index (χ3n) is 5.08. The van der Waals surface area contributed by atoms with Crippen LogP contribution in [0.1, 0.15) is 30.3 Å². The molecule has 1 unspecified atom stereocenters. The fourth-order valence-corrected chi connectivity index (χ4v) is 4.91. The molecule has 24 heavy (non-hydrogen) atoms. The number of morpholine rings is 1. The minimum Gasteiger partial charge on any atom is -0.378 e. The molecule has 0 bridgehead atoms. The Labute approximate surface area is 146 Å². The molecule has 1 N–H and O–H groups in total. The molecule has 1 aromatic heterocycles. The number of nitrogens with one attached hydrogen (secondary N) is 1. The number of carbonyl (C=O) groups is 1. The third-order valence-corrected chi connectivity index (χ3v) is 6.23. The van der Waals surface area contributed by atoms with Gasteiger partial charge in [-0.2, -0.15) is 0 Å². The summed E-state index contributed by atoms with van der Waals surface area (Å²) in [6, 6.07) is 8.69. The summed E-state index contributed by atoms with van der Waals surface area (Å²) in [7, 11) is 0. The topological polar surface area (TPSA) is 46.9 Å². The molecule has 2 fully saturated rings. The SMILES string of the molecule is O=C(C[NH+]1CCCC[C@@H]1c1nc2ccccc2s1)N1CCOCC1. The number of thiazole rings is 1. The highest BCUT2D eigenvalue weighted by atomic mass is 32.1. The average Bonchev–Trinajstić information content (AvgIpc) is 3.07. The molecule has 2 atom stereocenters. The zero-order valence-corrected chi connectivity index (χ0v) is 14.7. The van der Waals surface area contributed by atoms with E-state index in [1.54, 1.807) is 11.3 Å². The first-order valence-corrected chi connectivity index (χ1v) is 9.68. The smallest absolute Gasteiger partial charge is 0.277 e. The van der Waals surface area contributed by atoms with E-state index in [2.05, 4.69) is 18.2 Å². The summed E-state index contributed by atoms with van der Waals surface area (Å²) in [5.74, 6) is 0.265. The molecule has 3 heterocycles. The van der Waals surface area contributed by atoms with E-state index in [-0.39, 0.29) is 5.91 Å². The number of rotatable bonds is 3. The van der Waals surface area contributed by atoms with Crippen molar-refractivity contribution in [2.24, 2.45) is 0 Å². The van der Waals surface area contributed by atoms with E-state index in [1.807, 2.05) is 11.0 Å². The van der Waals surface area contributed by atoms with Crippen LogP contribution in [0, 0.1) is 0 Å². The number of fused-ring (bicyclic) bond motifs is 1. The summed E-state index contributed by atoms with van der Waals surface area (Å²) in [4.78, 5) is 20.9. The van der Waals surface area contributed by atoms with E-state index in [0.717, 1.165) is 31.6 Å². The van der Waals surface area contributed by atoms with E-state index < -0.39 is 0 Å². The number of para-hydroxylation sites is 1. The Kier molecular flexibility index (Phi) is 4.78. The van der Waals surface area contributed by atoms with Crippen LogP contribution in [0.2, 0.25) is 0 Å². The lowest BCUT2D eigenvalue weighted by molar-refractivity contribution is -0.929. The van der Waals surface area contributed by atoms with Crippen molar-refractivity contribution in [2.75, 3.05) is 39.4 Å². The number of amides is 1. The molecule has 1 amide bonds.